The van der Waals surface area contributed by atoms with Gasteiger partial charge in [-0.2, -0.15) is 0 Å². The van der Waals surface area contributed by atoms with Crippen molar-refractivity contribution in [3.8, 4) is 0 Å². The molecular weight excluding hydrogens is 260 g/mol. The molecule has 3 rings (SSSR count). The lowest BCUT2D eigenvalue weighted by molar-refractivity contribution is 0.763. The fraction of sp³-hybridized carbons (Fsp3) is 0.471. The van der Waals surface area contributed by atoms with E-state index < -0.39 is 0 Å². The van der Waals surface area contributed by atoms with Crippen LogP contribution in [0, 0.1) is 5.92 Å². The molecule has 1 aliphatic heterocycles. The molecule has 112 valence electrons. The van der Waals surface area contributed by atoms with E-state index >= 15 is 0 Å². The molecule has 2 unspecified atom stereocenters. The summed E-state index contributed by atoms with van der Waals surface area (Å²) >= 11 is 0. The van der Waals surface area contributed by atoms with Crippen molar-refractivity contribution < 1.29 is 0 Å². The summed E-state index contributed by atoms with van der Waals surface area (Å²) in [6.07, 6.45) is 5.68. The van der Waals surface area contributed by atoms with Gasteiger partial charge >= 0.3 is 0 Å². The number of aliphatic imine (C=N–C) groups is 1. The molecule has 1 aromatic rings. The zero-order valence-electron chi connectivity index (χ0n) is 12.8. The fourth-order valence-corrected chi connectivity index (χ4v) is 2.63. The molecule has 1 heterocycles. The molecule has 2 atom stereocenters. The van der Waals surface area contributed by atoms with Crippen LogP contribution < -0.4 is 15.5 Å². The summed E-state index contributed by atoms with van der Waals surface area (Å²) in [5.74, 6) is 1.67. The molecule has 0 spiro atoms. The molecule has 1 fully saturated rings. The Bertz CT molecular complexity index is 541. The van der Waals surface area contributed by atoms with Crippen LogP contribution in [-0.2, 0) is 6.54 Å². The van der Waals surface area contributed by atoms with Crippen LogP contribution in [-0.4, -0.2) is 32.1 Å². The molecule has 0 saturated heterocycles. The maximum Gasteiger partial charge on any atom is 0.191 e. The van der Waals surface area contributed by atoms with Gasteiger partial charge in [0.2, 0.25) is 0 Å². The summed E-state index contributed by atoms with van der Waals surface area (Å²) in [5, 5.41) is 6.85. The van der Waals surface area contributed by atoms with Gasteiger partial charge in [0.15, 0.2) is 5.96 Å². The summed E-state index contributed by atoms with van der Waals surface area (Å²) in [6.45, 7) is 5.09. The van der Waals surface area contributed by atoms with E-state index in [4.69, 9.17) is 0 Å². The summed E-state index contributed by atoms with van der Waals surface area (Å²) in [7, 11) is 1.83. The number of benzene rings is 1. The molecule has 2 aliphatic rings. The van der Waals surface area contributed by atoms with Gasteiger partial charge in [-0.3, -0.25) is 4.99 Å². The molecule has 1 aliphatic carbocycles. The highest BCUT2D eigenvalue weighted by Gasteiger charge is 2.33. The highest BCUT2D eigenvalue weighted by atomic mass is 15.2. The Kier molecular flexibility index (Phi) is 4.13. The van der Waals surface area contributed by atoms with Crippen molar-refractivity contribution in [3.63, 3.8) is 0 Å². The summed E-state index contributed by atoms with van der Waals surface area (Å²) in [6, 6.07) is 9.32. The van der Waals surface area contributed by atoms with Gasteiger partial charge in [-0.1, -0.05) is 31.2 Å². The third-order valence-corrected chi connectivity index (χ3v) is 4.21. The number of rotatable bonds is 4. The number of anilines is 1. The van der Waals surface area contributed by atoms with Crippen molar-refractivity contribution in [2.24, 2.45) is 10.9 Å². The normalized spacial score (nSPS) is 24.3. The smallest absolute Gasteiger partial charge is 0.191 e. The van der Waals surface area contributed by atoms with Gasteiger partial charge < -0.3 is 15.5 Å². The number of nitrogens with zero attached hydrogens (tertiary/aromatic N) is 2. The number of hydrogen-bond acceptors (Lipinski definition) is 2. The zero-order chi connectivity index (χ0) is 14.7. The lowest BCUT2D eigenvalue weighted by Crippen LogP contribution is -2.38. The molecule has 2 N–H and O–H groups in total. The first-order valence-electron chi connectivity index (χ1n) is 7.72. The van der Waals surface area contributed by atoms with Gasteiger partial charge in [0.25, 0.3) is 0 Å². The molecule has 4 nitrogen and oxygen atoms in total. The summed E-state index contributed by atoms with van der Waals surface area (Å²) in [5.41, 5.74) is 2.57. The first-order valence-corrected chi connectivity index (χ1v) is 7.72. The second-order valence-corrected chi connectivity index (χ2v) is 5.94. The van der Waals surface area contributed by atoms with Crippen molar-refractivity contribution in [3.05, 3.63) is 42.0 Å². The molecule has 1 aromatic carbocycles. The molecule has 0 bridgehead atoms. The van der Waals surface area contributed by atoms with E-state index in [9.17, 15) is 0 Å². The third kappa shape index (κ3) is 3.57. The van der Waals surface area contributed by atoms with Gasteiger partial charge in [0.1, 0.15) is 0 Å². The van der Waals surface area contributed by atoms with E-state index in [0.717, 1.165) is 31.5 Å². The van der Waals surface area contributed by atoms with E-state index in [1.807, 2.05) is 7.05 Å². The number of nitrogens with one attached hydrogen (secondary N) is 2. The highest BCUT2D eigenvalue weighted by molar-refractivity contribution is 5.80. The van der Waals surface area contributed by atoms with Gasteiger partial charge in [-0.05, 0) is 30.0 Å². The Balaban J connectivity index is 1.55. The number of hydrogen-bond donors (Lipinski definition) is 2. The average Bonchev–Trinajstić information content (AvgIpc) is 2.98. The van der Waals surface area contributed by atoms with E-state index in [1.165, 1.54) is 17.7 Å². The van der Waals surface area contributed by atoms with Gasteiger partial charge in [0.05, 0.1) is 0 Å². The lowest BCUT2D eigenvalue weighted by Gasteiger charge is -2.19. The summed E-state index contributed by atoms with van der Waals surface area (Å²) in [4.78, 5) is 6.66. The highest BCUT2D eigenvalue weighted by Crippen LogP contribution is 2.28. The van der Waals surface area contributed by atoms with Crippen LogP contribution >= 0.6 is 0 Å². The Morgan fingerprint density at radius 3 is 2.76 bits per heavy atom. The van der Waals surface area contributed by atoms with Gasteiger partial charge in [-0.15, -0.1) is 0 Å². The van der Waals surface area contributed by atoms with Crippen LogP contribution in [0.15, 0.2) is 41.4 Å². The summed E-state index contributed by atoms with van der Waals surface area (Å²) < 4.78 is 0. The third-order valence-electron chi connectivity index (χ3n) is 4.21. The Hall–Kier alpha value is -1.97. The van der Waals surface area contributed by atoms with Crippen LogP contribution in [0.25, 0.3) is 0 Å². The van der Waals surface area contributed by atoms with Crippen LogP contribution in [0.1, 0.15) is 18.9 Å². The molecule has 4 heteroatoms. The van der Waals surface area contributed by atoms with Crippen molar-refractivity contribution in [1.82, 2.24) is 10.6 Å². The van der Waals surface area contributed by atoms with Crippen molar-refractivity contribution in [2.45, 2.75) is 25.9 Å². The van der Waals surface area contributed by atoms with Gasteiger partial charge in [0, 0.05) is 38.4 Å². The molecule has 0 aromatic heterocycles. The maximum absolute atomic E-state index is 4.29. The topological polar surface area (TPSA) is 39.7 Å². The lowest BCUT2D eigenvalue weighted by atomic mass is 10.2. The minimum atomic E-state index is 0.596. The van der Waals surface area contributed by atoms with Gasteiger partial charge in [-0.25, -0.2) is 0 Å². The molecule has 0 amide bonds. The van der Waals surface area contributed by atoms with Crippen LogP contribution in [0.3, 0.4) is 0 Å². The second kappa shape index (κ2) is 6.20. The van der Waals surface area contributed by atoms with E-state index in [0.29, 0.717) is 6.04 Å². The predicted molar refractivity (Wildman–Crippen MR) is 88.7 cm³/mol. The monoisotopic (exact) mass is 284 g/mol. The largest absolute Gasteiger partial charge is 0.364 e. The van der Waals surface area contributed by atoms with Crippen LogP contribution in [0.5, 0.6) is 0 Å². The SMILES string of the molecule is CN=C(NCc1cccc(N2CC=CC2)c1)NC1CC1C. The first-order chi connectivity index (χ1) is 10.3. The minimum Gasteiger partial charge on any atom is -0.364 e. The van der Waals surface area contributed by atoms with Crippen molar-refractivity contribution in [1.29, 1.82) is 0 Å². The molecule has 0 radical (unpaired) electrons. The van der Waals surface area contributed by atoms with Crippen LogP contribution in [0.4, 0.5) is 5.69 Å². The van der Waals surface area contributed by atoms with Crippen LogP contribution in [0.2, 0.25) is 0 Å². The maximum atomic E-state index is 4.29. The molecule has 21 heavy (non-hydrogen) atoms. The average molecular weight is 284 g/mol. The van der Waals surface area contributed by atoms with E-state index in [-0.39, 0.29) is 0 Å². The Labute approximate surface area is 126 Å². The fourth-order valence-electron chi connectivity index (χ4n) is 2.63. The predicted octanol–water partition coefficient (Wildman–Crippen LogP) is 2.14. The van der Waals surface area contributed by atoms with Crippen molar-refractivity contribution >= 4 is 11.6 Å². The quantitative estimate of drug-likeness (QED) is 0.505. The second-order valence-electron chi connectivity index (χ2n) is 5.94. The van der Waals surface area contributed by atoms with E-state index in [2.05, 4.69) is 63.9 Å². The Morgan fingerprint density at radius 2 is 2.10 bits per heavy atom. The van der Waals surface area contributed by atoms with E-state index in [1.54, 1.807) is 0 Å². The standard InChI is InChI=1S/C17H24N4/c1-13-10-16(13)20-17(18-2)19-12-14-6-5-7-15(11-14)21-8-3-4-9-21/h3-7,11,13,16H,8-10,12H2,1-2H3,(H2,18,19,20). The molecular formula is C17H24N4. The Morgan fingerprint density at radius 1 is 1.33 bits per heavy atom. The minimum absolute atomic E-state index is 0.596. The number of guanidine groups is 1. The molecule has 1 saturated carbocycles. The van der Waals surface area contributed by atoms with Crippen molar-refractivity contribution in [2.75, 3.05) is 25.0 Å². The zero-order valence-corrected chi connectivity index (χ0v) is 12.8. The first kappa shape index (κ1) is 14.0.